The number of hydrogen-bond acceptors (Lipinski definition) is 5. The minimum absolute atomic E-state index is 0.00186. The zero-order valence-corrected chi connectivity index (χ0v) is 16.9. The van der Waals surface area contributed by atoms with Gasteiger partial charge in [0.2, 0.25) is 0 Å². The lowest BCUT2D eigenvalue weighted by Crippen LogP contribution is -2.68. The lowest BCUT2D eigenvalue weighted by atomic mass is 9.43. The van der Waals surface area contributed by atoms with Crippen LogP contribution >= 0.6 is 0 Å². The highest BCUT2D eigenvalue weighted by atomic mass is 32.2. The second-order valence-corrected chi connectivity index (χ2v) is 10.8. The number of rotatable bonds is 4. The molecule has 0 radical (unpaired) electrons. The Hall–Kier alpha value is -0.950. The van der Waals surface area contributed by atoms with Gasteiger partial charge in [-0.3, -0.25) is 4.18 Å². The quantitative estimate of drug-likeness (QED) is 0.746. The SMILES string of the molecule is Cc1ccc(S(=O)(=O)OC[C@]23OC(C)(C)O[C@H]2C[C@H]2C[C@@H]3C2(C)C)cc1. The zero-order chi connectivity index (χ0) is 19.0. The van der Waals surface area contributed by atoms with E-state index in [1.54, 1.807) is 24.3 Å². The van der Waals surface area contributed by atoms with Crippen LogP contribution in [0.1, 0.15) is 46.1 Å². The smallest absolute Gasteiger partial charge is 0.297 e. The van der Waals surface area contributed by atoms with Crippen LogP contribution in [0.3, 0.4) is 0 Å². The van der Waals surface area contributed by atoms with Crippen molar-refractivity contribution in [3.05, 3.63) is 29.8 Å². The predicted molar refractivity (Wildman–Crippen MR) is 97.1 cm³/mol. The Morgan fingerprint density at radius 2 is 1.77 bits per heavy atom. The Labute approximate surface area is 156 Å². The van der Waals surface area contributed by atoms with Gasteiger partial charge in [0.05, 0.1) is 17.6 Å². The Kier molecular flexibility index (Phi) is 3.92. The molecule has 4 atom stereocenters. The molecule has 0 spiro atoms. The van der Waals surface area contributed by atoms with Gasteiger partial charge in [-0.05, 0) is 63.0 Å². The molecule has 4 fully saturated rings. The molecule has 0 N–H and O–H groups in total. The first-order chi connectivity index (χ1) is 12.0. The summed E-state index contributed by atoms with van der Waals surface area (Å²) in [6, 6.07) is 6.71. The monoisotopic (exact) mass is 380 g/mol. The molecule has 5 nitrogen and oxygen atoms in total. The molecule has 3 aliphatic carbocycles. The standard InChI is InChI=1S/C20H28O5S/c1-13-6-8-15(9-7-13)26(21,22)23-12-20-16-10-14(18(16,2)3)11-17(20)24-19(4,5)25-20/h6-9,14,16-17H,10-12H2,1-5H3/t14-,16-,17+,20-/m1/s1. The molecule has 144 valence electrons. The summed E-state index contributed by atoms with van der Waals surface area (Å²) in [6.45, 7) is 10.2. The largest absolute Gasteiger partial charge is 0.344 e. The Morgan fingerprint density at radius 1 is 1.12 bits per heavy atom. The number of benzene rings is 1. The molecular formula is C20H28O5S. The van der Waals surface area contributed by atoms with E-state index in [1.807, 2.05) is 20.8 Å². The summed E-state index contributed by atoms with van der Waals surface area (Å²) in [7, 11) is -3.84. The zero-order valence-electron chi connectivity index (χ0n) is 16.1. The first-order valence-electron chi connectivity index (χ1n) is 9.30. The number of hydrogen-bond donors (Lipinski definition) is 0. The minimum Gasteiger partial charge on any atom is -0.344 e. The van der Waals surface area contributed by atoms with Crippen LogP contribution in [0.4, 0.5) is 0 Å². The van der Waals surface area contributed by atoms with Gasteiger partial charge >= 0.3 is 0 Å². The maximum absolute atomic E-state index is 12.7. The maximum atomic E-state index is 12.7. The molecule has 2 bridgehead atoms. The van der Waals surface area contributed by atoms with Crippen LogP contribution in [0.2, 0.25) is 0 Å². The molecule has 0 amide bonds. The molecule has 26 heavy (non-hydrogen) atoms. The predicted octanol–water partition coefficient (Wildman–Crippen LogP) is 3.66. The summed E-state index contributed by atoms with van der Waals surface area (Å²) < 4.78 is 43.4. The first kappa shape index (κ1) is 18.4. The van der Waals surface area contributed by atoms with E-state index >= 15 is 0 Å². The third-order valence-corrected chi connectivity index (χ3v) is 7.99. The van der Waals surface area contributed by atoms with Gasteiger partial charge in [-0.1, -0.05) is 31.5 Å². The van der Waals surface area contributed by atoms with Crippen molar-refractivity contribution >= 4 is 10.1 Å². The molecule has 1 aromatic rings. The van der Waals surface area contributed by atoms with E-state index in [0.29, 0.717) is 5.92 Å². The second kappa shape index (κ2) is 5.53. The molecule has 4 aliphatic rings. The van der Waals surface area contributed by atoms with Crippen molar-refractivity contribution in [1.29, 1.82) is 0 Å². The molecule has 1 saturated heterocycles. The summed E-state index contributed by atoms with van der Waals surface area (Å²) in [5.41, 5.74) is 0.406. The van der Waals surface area contributed by atoms with Gasteiger partial charge in [0.15, 0.2) is 5.79 Å². The Balaban J connectivity index is 1.61. The topological polar surface area (TPSA) is 61.8 Å². The van der Waals surface area contributed by atoms with Crippen molar-refractivity contribution < 1.29 is 22.1 Å². The minimum atomic E-state index is -3.84. The lowest BCUT2D eigenvalue weighted by Gasteiger charge is -2.64. The van der Waals surface area contributed by atoms with Gasteiger partial charge in [0.1, 0.15) is 5.60 Å². The summed E-state index contributed by atoms with van der Waals surface area (Å²) in [4.78, 5) is 0.177. The van der Waals surface area contributed by atoms with Crippen LogP contribution in [0.5, 0.6) is 0 Å². The number of ether oxygens (including phenoxy) is 2. The highest BCUT2D eigenvalue weighted by molar-refractivity contribution is 7.86. The third kappa shape index (κ3) is 2.65. The second-order valence-electron chi connectivity index (χ2n) is 9.13. The van der Waals surface area contributed by atoms with Crippen molar-refractivity contribution in [1.82, 2.24) is 0 Å². The highest BCUT2D eigenvalue weighted by Crippen LogP contribution is 2.67. The number of aryl methyl sites for hydroxylation is 1. The van der Waals surface area contributed by atoms with Crippen molar-refractivity contribution in [2.75, 3.05) is 6.61 Å². The van der Waals surface area contributed by atoms with Crippen LogP contribution in [-0.2, 0) is 23.8 Å². The van der Waals surface area contributed by atoms with E-state index in [1.165, 1.54) is 0 Å². The fraction of sp³-hybridized carbons (Fsp3) is 0.700. The summed E-state index contributed by atoms with van der Waals surface area (Å²) >= 11 is 0. The summed E-state index contributed by atoms with van der Waals surface area (Å²) in [5.74, 6) is 0.0976. The van der Waals surface area contributed by atoms with E-state index in [2.05, 4.69) is 13.8 Å². The molecule has 0 aromatic heterocycles. The van der Waals surface area contributed by atoms with Crippen molar-refractivity contribution in [2.45, 2.75) is 69.8 Å². The maximum Gasteiger partial charge on any atom is 0.297 e. The van der Waals surface area contributed by atoms with Crippen LogP contribution in [0, 0.1) is 24.2 Å². The Morgan fingerprint density at radius 3 is 2.38 bits per heavy atom. The van der Waals surface area contributed by atoms with Gasteiger partial charge < -0.3 is 9.47 Å². The van der Waals surface area contributed by atoms with E-state index in [9.17, 15) is 8.42 Å². The first-order valence-corrected chi connectivity index (χ1v) is 10.7. The van der Waals surface area contributed by atoms with Gasteiger partial charge in [-0.15, -0.1) is 0 Å². The molecule has 5 rings (SSSR count). The lowest BCUT2D eigenvalue weighted by molar-refractivity contribution is -0.238. The molecule has 3 saturated carbocycles. The van der Waals surface area contributed by atoms with E-state index in [-0.39, 0.29) is 28.9 Å². The fourth-order valence-electron chi connectivity index (χ4n) is 5.20. The summed E-state index contributed by atoms with van der Waals surface area (Å²) in [6.07, 6.45) is 1.81. The van der Waals surface area contributed by atoms with Crippen molar-refractivity contribution in [3.8, 4) is 0 Å². The molecule has 1 heterocycles. The van der Waals surface area contributed by atoms with E-state index in [0.717, 1.165) is 18.4 Å². The van der Waals surface area contributed by atoms with E-state index < -0.39 is 21.5 Å². The molecule has 6 heteroatoms. The molecule has 1 aromatic carbocycles. The van der Waals surface area contributed by atoms with Gasteiger partial charge in [-0.2, -0.15) is 8.42 Å². The van der Waals surface area contributed by atoms with Gasteiger partial charge in [0.25, 0.3) is 10.1 Å². The Bertz CT molecular complexity index is 811. The molecular weight excluding hydrogens is 352 g/mol. The van der Waals surface area contributed by atoms with Crippen molar-refractivity contribution in [2.24, 2.45) is 17.3 Å². The van der Waals surface area contributed by atoms with Gasteiger partial charge in [0, 0.05) is 0 Å². The summed E-state index contributed by atoms with van der Waals surface area (Å²) in [5, 5.41) is 0. The average Bonchev–Trinajstić information content (AvgIpc) is 2.83. The van der Waals surface area contributed by atoms with Crippen molar-refractivity contribution in [3.63, 3.8) is 0 Å². The molecule has 1 aliphatic heterocycles. The average molecular weight is 381 g/mol. The van der Waals surface area contributed by atoms with Crippen LogP contribution in [0.25, 0.3) is 0 Å². The van der Waals surface area contributed by atoms with Gasteiger partial charge in [-0.25, -0.2) is 0 Å². The van der Waals surface area contributed by atoms with E-state index in [4.69, 9.17) is 13.7 Å². The fourth-order valence-corrected chi connectivity index (χ4v) is 6.15. The normalized spacial score (nSPS) is 37.0. The highest BCUT2D eigenvalue weighted by Gasteiger charge is 2.71. The van der Waals surface area contributed by atoms with Crippen LogP contribution < -0.4 is 0 Å². The third-order valence-electron chi connectivity index (χ3n) is 6.72. The molecule has 0 unspecified atom stereocenters. The van der Waals surface area contributed by atoms with Crippen LogP contribution in [-0.4, -0.2) is 32.5 Å². The van der Waals surface area contributed by atoms with Crippen LogP contribution in [0.15, 0.2) is 29.2 Å².